The zero-order chi connectivity index (χ0) is 15.4. The predicted molar refractivity (Wildman–Crippen MR) is 94.4 cm³/mol. The lowest BCUT2D eigenvalue weighted by Crippen LogP contribution is -1.98. The van der Waals surface area contributed by atoms with Crippen molar-refractivity contribution >= 4 is 0 Å². The molecule has 0 saturated heterocycles. The Morgan fingerprint density at radius 1 is 0.545 bits per heavy atom. The first-order chi connectivity index (χ1) is 10.7. The summed E-state index contributed by atoms with van der Waals surface area (Å²) >= 11 is 0. The lowest BCUT2D eigenvalue weighted by Gasteiger charge is -2.13. The predicted octanol–water partition coefficient (Wildman–Crippen LogP) is 5.49. The third-order valence-electron chi connectivity index (χ3n) is 4.27. The van der Waals surface area contributed by atoms with Crippen molar-refractivity contribution in [3.63, 3.8) is 0 Å². The average Bonchev–Trinajstić information content (AvgIpc) is 2.54. The molecule has 3 aromatic carbocycles. The van der Waals surface area contributed by atoms with Crippen LogP contribution in [-0.2, 0) is 12.8 Å². The van der Waals surface area contributed by atoms with E-state index >= 15 is 0 Å². The van der Waals surface area contributed by atoms with Crippen molar-refractivity contribution in [2.75, 3.05) is 0 Å². The maximum atomic E-state index is 2.36. The summed E-state index contributed by atoms with van der Waals surface area (Å²) in [5.41, 5.74) is 8.39. The lowest BCUT2D eigenvalue weighted by atomic mass is 9.92. The molecule has 0 fully saturated rings. The highest BCUT2D eigenvalue weighted by molar-refractivity contribution is 5.41. The molecule has 0 amide bonds. The first-order valence-corrected chi connectivity index (χ1v) is 7.89. The van der Waals surface area contributed by atoms with Gasteiger partial charge in [-0.1, -0.05) is 72.8 Å². The van der Waals surface area contributed by atoms with Crippen molar-refractivity contribution in [1.29, 1.82) is 0 Å². The second-order valence-corrected chi connectivity index (χ2v) is 6.03. The van der Waals surface area contributed by atoms with Gasteiger partial charge in [-0.2, -0.15) is 0 Å². The second kappa shape index (κ2) is 6.62. The highest BCUT2D eigenvalue weighted by Crippen LogP contribution is 2.21. The Morgan fingerprint density at radius 3 is 1.27 bits per heavy atom. The van der Waals surface area contributed by atoms with E-state index in [4.69, 9.17) is 0 Å². The van der Waals surface area contributed by atoms with Crippen LogP contribution in [0.2, 0.25) is 0 Å². The van der Waals surface area contributed by atoms with Gasteiger partial charge in [-0.25, -0.2) is 0 Å². The van der Waals surface area contributed by atoms with Gasteiger partial charge in [0.15, 0.2) is 0 Å². The number of hydrogen-bond acceptors (Lipinski definition) is 0. The van der Waals surface area contributed by atoms with Crippen molar-refractivity contribution in [3.8, 4) is 0 Å². The Hall–Kier alpha value is -2.34. The van der Waals surface area contributed by atoms with Crippen molar-refractivity contribution in [1.82, 2.24) is 0 Å². The van der Waals surface area contributed by atoms with Crippen LogP contribution in [0, 0.1) is 13.8 Å². The lowest BCUT2D eigenvalue weighted by molar-refractivity contribution is 1.09. The van der Waals surface area contributed by atoms with Gasteiger partial charge in [0.25, 0.3) is 0 Å². The maximum Gasteiger partial charge on any atom is -0.00230 e. The summed E-state index contributed by atoms with van der Waals surface area (Å²) in [4.78, 5) is 0. The molecular weight excluding hydrogens is 264 g/mol. The molecule has 0 aromatic heterocycles. The summed E-state index contributed by atoms with van der Waals surface area (Å²) in [6, 6.07) is 26.1. The molecule has 3 aromatic rings. The Morgan fingerprint density at radius 2 is 0.909 bits per heavy atom. The van der Waals surface area contributed by atoms with Gasteiger partial charge in [0.1, 0.15) is 0 Å². The molecule has 22 heavy (non-hydrogen) atoms. The van der Waals surface area contributed by atoms with Crippen molar-refractivity contribution in [2.24, 2.45) is 0 Å². The number of hydrogen-bond donors (Lipinski definition) is 0. The minimum atomic E-state index is 1.01. The number of rotatable bonds is 4. The van der Waals surface area contributed by atoms with E-state index < -0.39 is 0 Å². The van der Waals surface area contributed by atoms with E-state index in [2.05, 4.69) is 86.6 Å². The van der Waals surface area contributed by atoms with Crippen LogP contribution in [0.4, 0.5) is 0 Å². The maximum absolute atomic E-state index is 2.36. The van der Waals surface area contributed by atoms with Gasteiger partial charge >= 0.3 is 0 Å². The third-order valence-corrected chi connectivity index (χ3v) is 4.27. The van der Waals surface area contributed by atoms with E-state index in [-0.39, 0.29) is 0 Å². The minimum absolute atomic E-state index is 1.01. The van der Waals surface area contributed by atoms with Gasteiger partial charge in [-0.15, -0.1) is 0 Å². The summed E-state index contributed by atoms with van der Waals surface area (Å²) in [7, 11) is 0. The SMILES string of the molecule is Cc1cc(Cc2ccccc2)c(C)cc1Cc1ccccc1. The molecule has 0 radical (unpaired) electrons. The molecule has 0 atom stereocenters. The highest BCUT2D eigenvalue weighted by Gasteiger charge is 2.06. The molecule has 0 saturated carbocycles. The first kappa shape index (κ1) is 14.6. The second-order valence-electron chi connectivity index (χ2n) is 6.03. The minimum Gasteiger partial charge on any atom is -0.0622 e. The van der Waals surface area contributed by atoms with Gasteiger partial charge in [0.2, 0.25) is 0 Å². The Labute approximate surface area is 133 Å². The van der Waals surface area contributed by atoms with Crippen LogP contribution in [0.25, 0.3) is 0 Å². The molecule has 3 rings (SSSR count). The molecule has 0 spiro atoms. The average molecular weight is 286 g/mol. The van der Waals surface area contributed by atoms with E-state index in [1.807, 2.05) is 0 Å². The van der Waals surface area contributed by atoms with Crippen LogP contribution in [0.15, 0.2) is 72.8 Å². The van der Waals surface area contributed by atoms with Crippen molar-refractivity contribution in [2.45, 2.75) is 26.7 Å². The molecule has 110 valence electrons. The van der Waals surface area contributed by atoms with E-state index in [1.165, 1.54) is 33.4 Å². The molecule has 0 heterocycles. The zero-order valence-corrected chi connectivity index (χ0v) is 13.3. The van der Waals surface area contributed by atoms with E-state index in [1.54, 1.807) is 0 Å². The van der Waals surface area contributed by atoms with Crippen LogP contribution in [0.1, 0.15) is 33.4 Å². The fourth-order valence-electron chi connectivity index (χ4n) is 2.95. The summed E-state index contributed by atoms with van der Waals surface area (Å²) in [6.07, 6.45) is 2.03. The van der Waals surface area contributed by atoms with Crippen LogP contribution >= 0.6 is 0 Å². The molecule has 0 nitrogen and oxygen atoms in total. The molecule has 0 unspecified atom stereocenters. The topological polar surface area (TPSA) is 0 Å². The van der Waals surface area contributed by atoms with Crippen LogP contribution in [-0.4, -0.2) is 0 Å². The largest absolute Gasteiger partial charge is 0.0622 e. The molecule has 0 aliphatic rings. The fourth-order valence-corrected chi connectivity index (χ4v) is 2.95. The Bertz CT molecular complexity index is 673. The Balaban J connectivity index is 1.85. The summed E-state index contributed by atoms with van der Waals surface area (Å²) in [5, 5.41) is 0. The number of aryl methyl sites for hydroxylation is 2. The molecule has 0 aliphatic heterocycles. The highest BCUT2D eigenvalue weighted by atomic mass is 14.1. The first-order valence-electron chi connectivity index (χ1n) is 7.89. The molecule has 0 heteroatoms. The van der Waals surface area contributed by atoms with Gasteiger partial charge in [-0.3, -0.25) is 0 Å². The molecule has 0 bridgehead atoms. The van der Waals surface area contributed by atoms with Gasteiger partial charge in [-0.05, 0) is 60.1 Å². The van der Waals surface area contributed by atoms with E-state index in [0.717, 1.165) is 12.8 Å². The Kier molecular flexibility index (Phi) is 4.39. The van der Waals surface area contributed by atoms with Gasteiger partial charge in [0.05, 0.1) is 0 Å². The summed E-state index contributed by atoms with van der Waals surface area (Å²) in [6.45, 7) is 4.46. The van der Waals surface area contributed by atoms with Crippen LogP contribution < -0.4 is 0 Å². The normalized spacial score (nSPS) is 10.6. The number of benzene rings is 3. The third kappa shape index (κ3) is 3.46. The monoisotopic (exact) mass is 286 g/mol. The smallest absolute Gasteiger partial charge is 0.00230 e. The fraction of sp³-hybridized carbons (Fsp3) is 0.182. The summed E-state index contributed by atoms with van der Waals surface area (Å²) < 4.78 is 0. The molecular formula is C22H22. The van der Waals surface area contributed by atoms with Crippen LogP contribution in [0.5, 0.6) is 0 Å². The van der Waals surface area contributed by atoms with Gasteiger partial charge in [0, 0.05) is 0 Å². The zero-order valence-electron chi connectivity index (χ0n) is 13.3. The van der Waals surface area contributed by atoms with Crippen molar-refractivity contribution < 1.29 is 0 Å². The van der Waals surface area contributed by atoms with E-state index in [0.29, 0.717) is 0 Å². The van der Waals surface area contributed by atoms with E-state index in [9.17, 15) is 0 Å². The van der Waals surface area contributed by atoms with Crippen LogP contribution in [0.3, 0.4) is 0 Å². The van der Waals surface area contributed by atoms with Crippen molar-refractivity contribution in [3.05, 3.63) is 106 Å². The van der Waals surface area contributed by atoms with Gasteiger partial charge < -0.3 is 0 Å². The molecule has 0 aliphatic carbocycles. The quantitative estimate of drug-likeness (QED) is 0.595. The summed E-state index contributed by atoms with van der Waals surface area (Å²) in [5.74, 6) is 0. The standard InChI is InChI=1S/C22H22/c1-17-13-22(16-20-11-7-4-8-12-20)18(2)14-21(17)15-19-9-5-3-6-10-19/h3-14H,15-16H2,1-2H3. The molecule has 0 N–H and O–H groups in total.